The Kier molecular flexibility index (Phi) is 7.22. The van der Waals surface area contributed by atoms with Gasteiger partial charge in [0, 0.05) is 30.4 Å². The summed E-state index contributed by atoms with van der Waals surface area (Å²) in [6.45, 7) is 5.86. The van der Waals surface area contributed by atoms with Crippen molar-refractivity contribution in [2.75, 3.05) is 18.0 Å². The van der Waals surface area contributed by atoms with Crippen LogP contribution in [0.3, 0.4) is 0 Å². The number of hydrogen-bond acceptors (Lipinski definition) is 4. The number of hydrazone groups is 1. The number of nitrogens with one attached hydrogen (secondary N) is 1. The van der Waals surface area contributed by atoms with Gasteiger partial charge in [0.1, 0.15) is 5.75 Å². The minimum absolute atomic E-state index is 0.125. The topological polar surface area (TPSA) is 64.9 Å². The van der Waals surface area contributed by atoms with Gasteiger partial charge in [0.05, 0.1) is 12.1 Å². The molecule has 0 fully saturated rings. The number of amides is 1. The second-order valence-corrected chi connectivity index (χ2v) is 6.90. The van der Waals surface area contributed by atoms with Gasteiger partial charge in [-0.25, -0.2) is 5.43 Å². The third-order valence-corrected chi connectivity index (χ3v) is 5.05. The van der Waals surface area contributed by atoms with Crippen LogP contribution in [0, 0.1) is 0 Å². The summed E-state index contributed by atoms with van der Waals surface area (Å²) in [5, 5.41) is 14.4. The van der Waals surface area contributed by atoms with Gasteiger partial charge in [0.25, 0.3) is 5.91 Å². The first kappa shape index (κ1) is 21.1. The van der Waals surface area contributed by atoms with Gasteiger partial charge >= 0.3 is 0 Å². The summed E-state index contributed by atoms with van der Waals surface area (Å²) in [5.41, 5.74) is 5.90. The van der Waals surface area contributed by atoms with Gasteiger partial charge in [-0.05, 0) is 37.1 Å². The van der Waals surface area contributed by atoms with Crippen LogP contribution in [0.4, 0.5) is 5.69 Å². The Hall–Kier alpha value is -3.60. The minimum Gasteiger partial charge on any atom is -0.507 e. The zero-order valence-corrected chi connectivity index (χ0v) is 17.3. The molecule has 0 spiro atoms. The normalized spacial score (nSPS) is 11.0. The first-order valence-corrected chi connectivity index (χ1v) is 10.1. The molecular formula is C25H27N3O2. The second-order valence-electron chi connectivity index (χ2n) is 6.90. The summed E-state index contributed by atoms with van der Waals surface area (Å²) < 4.78 is 0. The summed E-state index contributed by atoms with van der Waals surface area (Å²) in [5.74, 6) is -0.578. The number of phenols is 1. The Morgan fingerprint density at radius 3 is 2.03 bits per heavy atom. The molecule has 5 nitrogen and oxygen atoms in total. The number of phenolic OH excluding ortho intramolecular Hbond substituents is 1. The van der Waals surface area contributed by atoms with Crippen LogP contribution in [0.15, 0.2) is 84.0 Å². The lowest BCUT2D eigenvalue weighted by Crippen LogP contribution is -2.26. The average Bonchev–Trinajstić information content (AvgIpc) is 2.78. The number of aromatic hydroxyl groups is 1. The summed E-state index contributed by atoms with van der Waals surface area (Å²) in [6, 6.07) is 24.7. The maximum Gasteiger partial charge on any atom is 0.252 e. The van der Waals surface area contributed by atoms with Gasteiger partial charge in [0.2, 0.25) is 0 Å². The molecule has 0 aliphatic carbocycles. The zero-order chi connectivity index (χ0) is 21.3. The number of hydrogen-bond donors (Lipinski definition) is 2. The Bertz CT molecular complexity index is 944. The molecule has 0 bridgehead atoms. The van der Waals surface area contributed by atoms with E-state index in [2.05, 4.69) is 29.3 Å². The fourth-order valence-corrected chi connectivity index (χ4v) is 3.44. The van der Waals surface area contributed by atoms with E-state index in [0.717, 1.165) is 29.9 Å². The van der Waals surface area contributed by atoms with E-state index in [4.69, 9.17) is 0 Å². The van der Waals surface area contributed by atoms with Crippen molar-refractivity contribution in [1.29, 1.82) is 0 Å². The Balaban J connectivity index is 1.76. The van der Waals surface area contributed by atoms with Gasteiger partial charge in [-0.2, -0.15) is 5.10 Å². The molecule has 3 aromatic carbocycles. The summed E-state index contributed by atoms with van der Waals surface area (Å²) in [7, 11) is 0. The highest BCUT2D eigenvalue weighted by atomic mass is 16.3. The van der Waals surface area contributed by atoms with Gasteiger partial charge in [-0.3, -0.25) is 4.79 Å². The van der Waals surface area contributed by atoms with Crippen molar-refractivity contribution in [3.63, 3.8) is 0 Å². The third kappa shape index (κ3) is 5.06. The van der Waals surface area contributed by atoms with Gasteiger partial charge < -0.3 is 10.0 Å². The second kappa shape index (κ2) is 10.3. The van der Waals surface area contributed by atoms with Crippen LogP contribution < -0.4 is 10.3 Å². The first-order chi connectivity index (χ1) is 14.6. The molecule has 5 heteroatoms. The Morgan fingerprint density at radius 2 is 1.53 bits per heavy atom. The van der Waals surface area contributed by atoms with Gasteiger partial charge in [0.15, 0.2) is 0 Å². The van der Waals surface area contributed by atoms with Crippen LogP contribution >= 0.6 is 0 Å². The SMILES string of the molecule is CCN(CC)c1ccc(C=NNC(=O)C(c2ccccc2)c2ccccc2)c(O)c1. The predicted octanol–water partition coefficient (Wildman–Crippen LogP) is 4.52. The van der Waals surface area contributed by atoms with Gasteiger partial charge in [-0.15, -0.1) is 0 Å². The highest BCUT2D eigenvalue weighted by Crippen LogP contribution is 2.25. The molecule has 0 unspecified atom stereocenters. The fraction of sp³-hybridized carbons (Fsp3) is 0.200. The van der Waals surface area contributed by atoms with Crippen LogP contribution in [-0.4, -0.2) is 30.3 Å². The zero-order valence-electron chi connectivity index (χ0n) is 17.3. The number of nitrogens with zero attached hydrogens (tertiary/aromatic N) is 2. The maximum absolute atomic E-state index is 12.9. The molecule has 0 radical (unpaired) electrons. The van der Waals surface area contributed by atoms with Crippen LogP contribution in [0.1, 0.15) is 36.5 Å². The molecule has 0 saturated carbocycles. The molecule has 0 heterocycles. The average molecular weight is 402 g/mol. The summed E-state index contributed by atoms with van der Waals surface area (Å²) in [4.78, 5) is 15.1. The molecular weight excluding hydrogens is 374 g/mol. The summed E-state index contributed by atoms with van der Waals surface area (Å²) in [6.07, 6.45) is 1.46. The van der Waals surface area contributed by atoms with Crippen LogP contribution in [0.5, 0.6) is 5.75 Å². The molecule has 3 aromatic rings. The van der Waals surface area contributed by atoms with Crippen LogP contribution in [0.25, 0.3) is 0 Å². The number of rotatable bonds is 8. The van der Waals surface area contributed by atoms with E-state index < -0.39 is 5.92 Å². The molecule has 0 atom stereocenters. The molecule has 2 N–H and O–H groups in total. The van der Waals surface area contributed by atoms with E-state index in [1.165, 1.54) is 6.21 Å². The predicted molar refractivity (Wildman–Crippen MR) is 122 cm³/mol. The third-order valence-electron chi connectivity index (χ3n) is 5.05. The van der Waals surface area contributed by atoms with Crippen molar-refractivity contribution in [3.8, 4) is 5.75 Å². The first-order valence-electron chi connectivity index (χ1n) is 10.1. The fourth-order valence-electron chi connectivity index (χ4n) is 3.44. The van der Waals surface area contributed by atoms with Crippen LogP contribution in [-0.2, 0) is 4.79 Å². The lowest BCUT2D eigenvalue weighted by molar-refractivity contribution is -0.121. The molecule has 0 saturated heterocycles. The van der Waals surface area contributed by atoms with E-state index in [-0.39, 0.29) is 11.7 Å². The minimum atomic E-state index is -0.469. The number of carbonyl (C=O) groups is 1. The molecule has 0 aliphatic rings. The lowest BCUT2D eigenvalue weighted by atomic mass is 9.91. The highest BCUT2D eigenvalue weighted by molar-refractivity contribution is 5.89. The van der Waals surface area contributed by atoms with E-state index in [1.807, 2.05) is 66.7 Å². The Labute approximate surface area is 177 Å². The van der Waals surface area contributed by atoms with E-state index in [9.17, 15) is 9.90 Å². The van der Waals surface area contributed by atoms with E-state index in [0.29, 0.717) is 5.56 Å². The molecule has 0 aliphatic heterocycles. The van der Waals surface area contributed by atoms with E-state index in [1.54, 1.807) is 12.1 Å². The van der Waals surface area contributed by atoms with Gasteiger partial charge in [-0.1, -0.05) is 60.7 Å². The monoisotopic (exact) mass is 401 g/mol. The molecule has 3 rings (SSSR count). The van der Waals surface area contributed by atoms with Crippen molar-refractivity contribution in [1.82, 2.24) is 5.43 Å². The number of carbonyl (C=O) groups excluding carboxylic acids is 1. The standard InChI is InChI=1S/C25H27N3O2/c1-3-28(4-2)22-16-15-21(23(29)17-22)18-26-27-25(30)24(19-11-7-5-8-12-19)20-13-9-6-10-14-20/h5-18,24,29H,3-4H2,1-2H3,(H,27,30). The quantitative estimate of drug-likeness (QED) is 0.431. The van der Waals surface area contributed by atoms with Crippen molar-refractivity contribution in [2.24, 2.45) is 5.10 Å². The largest absolute Gasteiger partial charge is 0.507 e. The lowest BCUT2D eigenvalue weighted by Gasteiger charge is -2.21. The Morgan fingerprint density at radius 1 is 0.967 bits per heavy atom. The van der Waals surface area contributed by atoms with Crippen molar-refractivity contribution >= 4 is 17.8 Å². The molecule has 154 valence electrons. The highest BCUT2D eigenvalue weighted by Gasteiger charge is 2.22. The van der Waals surface area contributed by atoms with Crippen molar-refractivity contribution in [3.05, 3.63) is 95.6 Å². The smallest absolute Gasteiger partial charge is 0.252 e. The van der Waals surface area contributed by atoms with Crippen LogP contribution in [0.2, 0.25) is 0 Å². The van der Waals surface area contributed by atoms with Crippen molar-refractivity contribution in [2.45, 2.75) is 19.8 Å². The maximum atomic E-state index is 12.9. The van der Waals surface area contributed by atoms with E-state index >= 15 is 0 Å². The molecule has 30 heavy (non-hydrogen) atoms. The molecule has 0 aromatic heterocycles. The number of anilines is 1. The number of benzene rings is 3. The molecule has 1 amide bonds. The van der Waals surface area contributed by atoms with Crippen molar-refractivity contribution < 1.29 is 9.90 Å². The summed E-state index contributed by atoms with van der Waals surface area (Å²) >= 11 is 0.